The van der Waals surface area contributed by atoms with Crippen molar-refractivity contribution in [2.75, 3.05) is 6.54 Å². The van der Waals surface area contributed by atoms with E-state index in [0.717, 1.165) is 27.8 Å². The van der Waals surface area contributed by atoms with E-state index >= 15 is 0 Å². The molecule has 0 unspecified atom stereocenters. The molecule has 0 aliphatic rings. The minimum atomic E-state index is -0.192. The third-order valence-corrected chi connectivity index (χ3v) is 4.54. The maximum absolute atomic E-state index is 12.1. The SMILES string of the molecule is Cc1cc(C)n(-c2ccc(CNC(=O)c3csc(CCN)n3)cn2)n1.Cl.Cl. The number of aryl methyl sites for hydroxylation is 2. The molecule has 0 aromatic carbocycles. The van der Waals surface area contributed by atoms with Crippen molar-refractivity contribution < 1.29 is 4.79 Å². The van der Waals surface area contributed by atoms with Crippen molar-refractivity contribution in [3.8, 4) is 5.82 Å². The van der Waals surface area contributed by atoms with Gasteiger partial charge < -0.3 is 11.1 Å². The minimum Gasteiger partial charge on any atom is -0.347 e. The molecule has 0 fully saturated rings. The number of halogens is 2. The van der Waals surface area contributed by atoms with Gasteiger partial charge in [-0.15, -0.1) is 36.2 Å². The van der Waals surface area contributed by atoms with Crippen LogP contribution in [0.5, 0.6) is 0 Å². The number of thiazole rings is 1. The van der Waals surface area contributed by atoms with Crippen LogP contribution >= 0.6 is 36.2 Å². The molecule has 0 saturated carbocycles. The van der Waals surface area contributed by atoms with Crippen LogP contribution in [-0.2, 0) is 13.0 Å². The fraction of sp³-hybridized carbons (Fsp3) is 0.294. The zero-order chi connectivity index (χ0) is 17.8. The molecular weight excluding hydrogens is 407 g/mol. The molecule has 0 radical (unpaired) electrons. The molecule has 10 heteroatoms. The Balaban J connectivity index is 0.00000182. The summed E-state index contributed by atoms with van der Waals surface area (Å²) in [5.74, 6) is 0.564. The van der Waals surface area contributed by atoms with Gasteiger partial charge in [-0.25, -0.2) is 14.6 Å². The van der Waals surface area contributed by atoms with Crippen molar-refractivity contribution in [2.45, 2.75) is 26.8 Å². The Morgan fingerprint density at radius 3 is 2.67 bits per heavy atom. The lowest BCUT2D eigenvalue weighted by Crippen LogP contribution is -2.23. The van der Waals surface area contributed by atoms with Crippen molar-refractivity contribution in [1.29, 1.82) is 0 Å². The van der Waals surface area contributed by atoms with Crippen molar-refractivity contribution in [3.63, 3.8) is 0 Å². The van der Waals surface area contributed by atoms with Crippen LogP contribution in [0.2, 0.25) is 0 Å². The summed E-state index contributed by atoms with van der Waals surface area (Å²) >= 11 is 1.45. The van der Waals surface area contributed by atoms with E-state index in [9.17, 15) is 4.79 Å². The number of rotatable bonds is 6. The zero-order valence-electron chi connectivity index (χ0n) is 15.0. The van der Waals surface area contributed by atoms with Crippen molar-refractivity contribution >= 4 is 42.1 Å². The Morgan fingerprint density at radius 2 is 2.07 bits per heavy atom. The molecule has 0 aliphatic heterocycles. The van der Waals surface area contributed by atoms with Gasteiger partial charge in [0.25, 0.3) is 5.91 Å². The summed E-state index contributed by atoms with van der Waals surface area (Å²) in [7, 11) is 0. The second-order valence-corrected chi connectivity index (χ2v) is 6.65. The summed E-state index contributed by atoms with van der Waals surface area (Å²) in [5.41, 5.74) is 8.82. The zero-order valence-corrected chi connectivity index (χ0v) is 17.5. The Hall–Kier alpha value is -2.00. The molecule has 146 valence electrons. The van der Waals surface area contributed by atoms with E-state index in [1.807, 2.05) is 32.0 Å². The molecule has 0 saturated heterocycles. The number of nitrogens with one attached hydrogen (secondary N) is 1. The van der Waals surface area contributed by atoms with Gasteiger partial charge in [0.05, 0.1) is 10.7 Å². The molecular formula is C17H22Cl2N6OS. The Bertz CT molecular complexity index is 878. The predicted molar refractivity (Wildman–Crippen MR) is 111 cm³/mol. The highest BCUT2D eigenvalue weighted by atomic mass is 35.5. The minimum absolute atomic E-state index is 0. The van der Waals surface area contributed by atoms with Gasteiger partial charge in [0.15, 0.2) is 5.82 Å². The van der Waals surface area contributed by atoms with Gasteiger partial charge in [-0.1, -0.05) is 6.07 Å². The Kier molecular flexibility index (Phi) is 8.84. The van der Waals surface area contributed by atoms with Gasteiger partial charge in [-0.2, -0.15) is 5.10 Å². The summed E-state index contributed by atoms with van der Waals surface area (Å²) in [6.07, 6.45) is 2.43. The number of amides is 1. The number of pyridine rings is 1. The van der Waals surface area contributed by atoms with Gasteiger partial charge in [-0.05, 0) is 38.1 Å². The van der Waals surface area contributed by atoms with Crippen LogP contribution in [0.4, 0.5) is 0 Å². The fourth-order valence-electron chi connectivity index (χ4n) is 2.43. The van der Waals surface area contributed by atoms with Gasteiger partial charge in [0.1, 0.15) is 5.69 Å². The first-order valence-electron chi connectivity index (χ1n) is 7.98. The quantitative estimate of drug-likeness (QED) is 0.628. The van der Waals surface area contributed by atoms with E-state index in [1.165, 1.54) is 11.3 Å². The number of carbonyl (C=O) groups is 1. The van der Waals surface area contributed by atoms with Crippen LogP contribution in [0.3, 0.4) is 0 Å². The normalized spacial score (nSPS) is 10.0. The van der Waals surface area contributed by atoms with Crippen LogP contribution in [-0.4, -0.2) is 32.2 Å². The van der Waals surface area contributed by atoms with Crippen LogP contribution in [0.1, 0.15) is 32.4 Å². The van der Waals surface area contributed by atoms with Crippen molar-refractivity contribution in [3.05, 3.63) is 57.4 Å². The molecule has 27 heavy (non-hydrogen) atoms. The highest BCUT2D eigenvalue weighted by molar-refractivity contribution is 7.09. The van der Waals surface area contributed by atoms with Gasteiger partial charge >= 0.3 is 0 Å². The molecule has 7 nitrogen and oxygen atoms in total. The number of nitrogens with two attached hydrogens (primary N) is 1. The average Bonchev–Trinajstić information content (AvgIpc) is 3.20. The summed E-state index contributed by atoms with van der Waals surface area (Å²) in [6.45, 7) is 4.86. The highest BCUT2D eigenvalue weighted by Crippen LogP contribution is 2.12. The van der Waals surface area contributed by atoms with Crippen molar-refractivity contribution in [1.82, 2.24) is 25.1 Å². The van der Waals surface area contributed by atoms with Crippen LogP contribution in [0.25, 0.3) is 5.82 Å². The van der Waals surface area contributed by atoms with E-state index in [-0.39, 0.29) is 30.7 Å². The Morgan fingerprint density at radius 1 is 1.30 bits per heavy atom. The molecule has 0 bridgehead atoms. The van der Waals surface area contributed by atoms with Crippen molar-refractivity contribution in [2.24, 2.45) is 5.73 Å². The van der Waals surface area contributed by atoms with Crippen LogP contribution in [0, 0.1) is 13.8 Å². The van der Waals surface area contributed by atoms with Gasteiger partial charge in [0.2, 0.25) is 0 Å². The number of hydrogen-bond acceptors (Lipinski definition) is 6. The fourth-order valence-corrected chi connectivity index (χ4v) is 3.23. The third kappa shape index (κ3) is 5.74. The number of nitrogens with zero attached hydrogens (tertiary/aromatic N) is 4. The molecule has 3 aromatic heterocycles. The smallest absolute Gasteiger partial charge is 0.271 e. The molecule has 0 aliphatic carbocycles. The summed E-state index contributed by atoms with van der Waals surface area (Å²) in [5, 5.41) is 9.90. The lowest BCUT2D eigenvalue weighted by atomic mass is 10.2. The molecule has 3 N–H and O–H groups in total. The lowest BCUT2D eigenvalue weighted by molar-refractivity contribution is 0.0946. The van der Waals surface area contributed by atoms with E-state index in [0.29, 0.717) is 25.2 Å². The van der Waals surface area contributed by atoms with E-state index < -0.39 is 0 Å². The van der Waals surface area contributed by atoms with E-state index in [1.54, 1.807) is 16.3 Å². The monoisotopic (exact) mass is 428 g/mol. The van der Waals surface area contributed by atoms with Crippen LogP contribution < -0.4 is 11.1 Å². The average molecular weight is 429 g/mol. The largest absolute Gasteiger partial charge is 0.347 e. The first-order chi connectivity index (χ1) is 12.1. The third-order valence-electron chi connectivity index (χ3n) is 3.63. The maximum Gasteiger partial charge on any atom is 0.271 e. The molecule has 3 aromatic rings. The first kappa shape index (κ1) is 23.0. The molecule has 1 amide bonds. The maximum atomic E-state index is 12.1. The predicted octanol–water partition coefficient (Wildman–Crippen LogP) is 2.62. The molecule has 0 spiro atoms. The summed E-state index contributed by atoms with van der Waals surface area (Å²) in [6, 6.07) is 5.83. The molecule has 3 heterocycles. The highest BCUT2D eigenvalue weighted by Gasteiger charge is 2.10. The van der Waals surface area contributed by atoms with Gasteiger partial charge in [-0.3, -0.25) is 4.79 Å². The number of hydrogen-bond donors (Lipinski definition) is 2. The molecule has 0 atom stereocenters. The summed E-state index contributed by atoms with van der Waals surface area (Å²) in [4.78, 5) is 20.8. The second kappa shape index (κ2) is 10.4. The number of aromatic nitrogens is 4. The van der Waals surface area contributed by atoms with E-state index in [4.69, 9.17) is 5.73 Å². The van der Waals surface area contributed by atoms with Crippen LogP contribution in [0.15, 0.2) is 29.8 Å². The van der Waals surface area contributed by atoms with Gasteiger partial charge in [0, 0.05) is 30.2 Å². The van der Waals surface area contributed by atoms with E-state index in [2.05, 4.69) is 20.4 Å². The Labute approximate surface area is 174 Å². The summed E-state index contributed by atoms with van der Waals surface area (Å²) < 4.78 is 1.80. The lowest BCUT2D eigenvalue weighted by Gasteiger charge is -2.06. The number of carbonyl (C=O) groups excluding carboxylic acids is 1. The second-order valence-electron chi connectivity index (χ2n) is 5.71. The standard InChI is InChI=1S/C17H20N6OS.2ClH/c1-11-7-12(2)23(22-11)15-4-3-13(8-19-15)9-20-17(24)14-10-25-16(21-14)5-6-18;;/h3-4,7-8,10H,5-6,9,18H2,1-2H3,(H,20,24);2*1H. The first-order valence-corrected chi connectivity index (χ1v) is 8.86. The molecule has 3 rings (SSSR count). The topological polar surface area (TPSA) is 98.7 Å².